The molecule has 7 amide bonds. The van der Waals surface area contributed by atoms with Gasteiger partial charge in [-0.25, -0.2) is 0 Å². The van der Waals surface area contributed by atoms with Gasteiger partial charge in [-0.1, -0.05) is 114 Å². The van der Waals surface area contributed by atoms with Gasteiger partial charge in [-0.15, -0.1) is 0 Å². The Morgan fingerprint density at radius 3 is 1.85 bits per heavy atom. The fourth-order valence-electron chi connectivity index (χ4n) is 10.1. The fraction of sp³-hybridized carbons (Fsp3) is 0.554. The SMILES string of the molecule is CNC(C)C(=O)NC(C(=O)N1Cc2cc(C3CC(C(=O)NC4CCCc5ccccc54)N(C(=O)C(NC(=O)C(C)NC)C(C)(C)C)C3)ccc2CC1C(=O)NC(Cc1ccccc1)C(=O)N(C)C)C(C)(C)C. The molecular weight excluding hydrogens is 911 g/mol. The lowest BCUT2D eigenvalue weighted by atomic mass is 9.83. The van der Waals surface area contributed by atoms with Crippen LogP contribution in [0, 0.1) is 10.8 Å². The van der Waals surface area contributed by atoms with Crippen molar-refractivity contribution in [3.05, 3.63) is 106 Å². The van der Waals surface area contributed by atoms with Crippen LogP contribution in [0.3, 0.4) is 0 Å². The number of rotatable bonds is 16. The molecule has 72 heavy (non-hydrogen) atoms. The number of benzene rings is 3. The number of aryl methyl sites for hydroxylation is 1. The molecule has 1 aliphatic carbocycles. The highest BCUT2D eigenvalue weighted by Gasteiger charge is 2.47. The van der Waals surface area contributed by atoms with Crippen LogP contribution in [0.25, 0.3) is 0 Å². The van der Waals surface area contributed by atoms with Crippen molar-refractivity contribution in [3.63, 3.8) is 0 Å². The molecule has 2 aliphatic heterocycles. The number of amides is 7. The van der Waals surface area contributed by atoms with Crippen molar-refractivity contribution in [2.45, 2.75) is 155 Å². The summed E-state index contributed by atoms with van der Waals surface area (Å²) in [6.07, 6.45) is 3.27. The predicted octanol–water partition coefficient (Wildman–Crippen LogP) is 3.91. The minimum Gasteiger partial charge on any atom is -0.347 e. The molecule has 6 rings (SSSR count). The fourth-order valence-corrected chi connectivity index (χ4v) is 10.1. The van der Waals surface area contributed by atoms with Crippen LogP contribution in [0.4, 0.5) is 0 Å². The first-order valence-corrected chi connectivity index (χ1v) is 25.5. The van der Waals surface area contributed by atoms with Crippen molar-refractivity contribution in [1.29, 1.82) is 0 Å². The maximum Gasteiger partial charge on any atom is 0.246 e. The molecule has 16 heteroatoms. The molecule has 3 aromatic rings. The highest BCUT2D eigenvalue weighted by Crippen LogP contribution is 2.38. The predicted molar refractivity (Wildman–Crippen MR) is 278 cm³/mol. The van der Waals surface area contributed by atoms with E-state index in [1.54, 1.807) is 46.9 Å². The largest absolute Gasteiger partial charge is 0.347 e. The molecule has 0 saturated carbocycles. The lowest BCUT2D eigenvalue weighted by molar-refractivity contribution is -0.148. The van der Waals surface area contributed by atoms with Crippen LogP contribution in [0.2, 0.25) is 0 Å². The molecule has 6 N–H and O–H groups in total. The maximum absolute atomic E-state index is 15.1. The van der Waals surface area contributed by atoms with E-state index in [9.17, 15) is 28.8 Å². The van der Waals surface area contributed by atoms with Gasteiger partial charge in [0.2, 0.25) is 41.4 Å². The molecular formula is C56H79N9O7. The molecule has 0 aromatic heterocycles. The number of fused-ring (bicyclic) bond motifs is 2. The van der Waals surface area contributed by atoms with Gasteiger partial charge in [0.05, 0.1) is 18.1 Å². The number of hydrogen-bond donors (Lipinski definition) is 6. The highest BCUT2D eigenvalue weighted by molar-refractivity contribution is 5.96. The second kappa shape index (κ2) is 23.2. The van der Waals surface area contributed by atoms with Crippen molar-refractivity contribution in [2.24, 2.45) is 10.8 Å². The summed E-state index contributed by atoms with van der Waals surface area (Å²) in [5.41, 5.74) is 4.10. The third kappa shape index (κ3) is 12.9. The van der Waals surface area contributed by atoms with Crippen molar-refractivity contribution < 1.29 is 33.6 Å². The number of carbonyl (C=O) groups is 7. The molecule has 0 spiro atoms. The molecule has 1 saturated heterocycles. The Labute approximate surface area is 426 Å². The van der Waals surface area contributed by atoms with Crippen LogP contribution in [0.15, 0.2) is 72.8 Å². The van der Waals surface area contributed by atoms with E-state index < -0.39 is 64.9 Å². The van der Waals surface area contributed by atoms with E-state index in [0.717, 1.165) is 47.1 Å². The van der Waals surface area contributed by atoms with Crippen molar-refractivity contribution in [2.75, 3.05) is 34.7 Å². The molecule has 9 unspecified atom stereocenters. The minimum atomic E-state index is -1.04. The van der Waals surface area contributed by atoms with Crippen molar-refractivity contribution in [3.8, 4) is 0 Å². The van der Waals surface area contributed by atoms with Gasteiger partial charge >= 0.3 is 0 Å². The van der Waals surface area contributed by atoms with E-state index in [0.29, 0.717) is 6.42 Å². The number of likely N-dealkylation sites (tertiary alicyclic amines) is 1. The molecule has 1 fully saturated rings. The molecule has 16 nitrogen and oxygen atoms in total. The standard InChI is InChI=1S/C56H79N9O7/c1-33(57-9)48(66)61-46(55(3,4)5)53(71)64-31-39-28-37(25-26-38(39)29-44(64)51(69)60-43(52(70)63(11)12)27-35-19-14-13-15-20-35)40-30-45(50(68)59-42-24-18-22-36-21-16-17-23-41(36)42)65(32-40)54(72)47(56(6,7)8)62-49(67)34(2)58-10/h13-17,19-21,23,25-26,28,33-34,40,42-47,57-58H,18,22,24,27,29-32H2,1-12H3,(H,59,68)(H,60,69)(H,61,66)(H,62,67). The summed E-state index contributed by atoms with van der Waals surface area (Å²) in [4.78, 5) is 105. The third-order valence-corrected chi connectivity index (χ3v) is 14.8. The number of nitrogens with one attached hydrogen (secondary N) is 6. The second-order valence-electron chi connectivity index (χ2n) is 22.4. The topological polar surface area (TPSA) is 201 Å². The maximum atomic E-state index is 15.1. The van der Waals surface area contributed by atoms with Crippen LogP contribution >= 0.6 is 0 Å². The second-order valence-corrected chi connectivity index (χ2v) is 22.4. The van der Waals surface area contributed by atoms with Gasteiger partial charge in [0.25, 0.3) is 0 Å². The Morgan fingerprint density at radius 1 is 0.681 bits per heavy atom. The molecule has 0 radical (unpaired) electrons. The van der Waals surface area contributed by atoms with Crippen LogP contribution in [-0.4, -0.2) is 133 Å². The van der Waals surface area contributed by atoms with Gasteiger partial charge in [0.1, 0.15) is 30.2 Å². The third-order valence-electron chi connectivity index (χ3n) is 14.8. The molecule has 3 aliphatic rings. The molecule has 9 atom stereocenters. The Hall–Kier alpha value is -6.13. The number of hydrogen-bond acceptors (Lipinski definition) is 9. The molecule has 2 heterocycles. The van der Waals surface area contributed by atoms with E-state index in [1.807, 2.05) is 102 Å². The van der Waals surface area contributed by atoms with Gasteiger partial charge in [0, 0.05) is 45.9 Å². The first kappa shape index (κ1) is 55.2. The van der Waals surface area contributed by atoms with E-state index in [2.05, 4.69) is 44.0 Å². The number of nitrogens with zero attached hydrogens (tertiary/aromatic N) is 3. The zero-order valence-electron chi connectivity index (χ0n) is 44.5. The zero-order valence-corrected chi connectivity index (χ0v) is 44.5. The zero-order chi connectivity index (χ0) is 52.8. The average Bonchev–Trinajstić information content (AvgIpc) is 3.81. The number of carbonyl (C=O) groups excluding carboxylic acids is 7. The summed E-state index contributed by atoms with van der Waals surface area (Å²) in [6, 6.07) is 17.3. The quantitative estimate of drug-likeness (QED) is 0.123. The van der Waals surface area contributed by atoms with Crippen LogP contribution in [0.1, 0.15) is 120 Å². The minimum absolute atomic E-state index is 0.0112. The summed E-state index contributed by atoms with van der Waals surface area (Å²) >= 11 is 0. The summed E-state index contributed by atoms with van der Waals surface area (Å²) in [5, 5.41) is 18.2. The van der Waals surface area contributed by atoms with E-state index in [1.165, 1.54) is 15.4 Å². The Bertz CT molecular complexity index is 2470. The van der Waals surface area contributed by atoms with E-state index in [-0.39, 0.29) is 67.4 Å². The Balaban J connectivity index is 1.37. The molecule has 0 bridgehead atoms. The van der Waals surface area contributed by atoms with Gasteiger partial charge in [0.15, 0.2) is 0 Å². The van der Waals surface area contributed by atoms with Crippen LogP contribution < -0.4 is 31.9 Å². The normalized spacial score (nSPS) is 20.9. The summed E-state index contributed by atoms with van der Waals surface area (Å²) in [5.74, 6) is -2.88. The van der Waals surface area contributed by atoms with Crippen molar-refractivity contribution >= 4 is 41.4 Å². The van der Waals surface area contributed by atoms with Gasteiger partial charge in [-0.3, -0.25) is 33.6 Å². The van der Waals surface area contributed by atoms with E-state index >= 15 is 4.79 Å². The lowest BCUT2D eigenvalue weighted by Gasteiger charge is -2.41. The first-order valence-electron chi connectivity index (χ1n) is 25.5. The Morgan fingerprint density at radius 2 is 1.26 bits per heavy atom. The number of likely N-dealkylation sites (N-methyl/N-ethyl adjacent to an activating group) is 3. The van der Waals surface area contributed by atoms with Gasteiger partial charge in [-0.2, -0.15) is 0 Å². The smallest absolute Gasteiger partial charge is 0.246 e. The van der Waals surface area contributed by atoms with Crippen LogP contribution in [-0.2, 0) is 59.4 Å². The molecule has 390 valence electrons. The van der Waals surface area contributed by atoms with Gasteiger partial charge < -0.3 is 46.6 Å². The lowest BCUT2D eigenvalue weighted by Crippen LogP contribution is -2.63. The molecule has 3 aromatic carbocycles. The van der Waals surface area contributed by atoms with Gasteiger partial charge in [-0.05, 0) is 97.8 Å². The Kier molecular flexibility index (Phi) is 17.8. The van der Waals surface area contributed by atoms with Crippen molar-refractivity contribution in [1.82, 2.24) is 46.6 Å². The summed E-state index contributed by atoms with van der Waals surface area (Å²) in [7, 11) is 6.61. The van der Waals surface area contributed by atoms with E-state index in [4.69, 9.17) is 0 Å². The average molecular weight is 990 g/mol. The summed E-state index contributed by atoms with van der Waals surface area (Å²) in [6.45, 7) is 14.9. The van der Waals surface area contributed by atoms with Crippen LogP contribution in [0.5, 0.6) is 0 Å². The summed E-state index contributed by atoms with van der Waals surface area (Å²) < 4.78 is 0. The monoisotopic (exact) mass is 990 g/mol. The highest BCUT2D eigenvalue weighted by atomic mass is 16.2. The first-order chi connectivity index (χ1) is 33.9.